The van der Waals surface area contributed by atoms with Crippen molar-refractivity contribution in [2.75, 3.05) is 0 Å². The summed E-state index contributed by atoms with van der Waals surface area (Å²) in [5.74, 6) is 6.56. The van der Waals surface area contributed by atoms with E-state index in [-0.39, 0.29) is 6.04 Å². The summed E-state index contributed by atoms with van der Waals surface area (Å²) in [4.78, 5) is 0. The van der Waals surface area contributed by atoms with Crippen molar-refractivity contribution in [1.29, 1.82) is 0 Å². The van der Waals surface area contributed by atoms with Crippen LogP contribution in [-0.2, 0) is 0 Å². The van der Waals surface area contributed by atoms with Gasteiger partial charge in [0.05, 0.1) is 6.04 Å². The van der Waals surface area contributed by atoms with Crippen molar-refractivity contribution < 1.29 is 4.42 Å². The highest BCUT2D eigenvalue weighted by molar-refractivity contribution is 6.31. The van der Waals surface area contributed by atoms with Crippen molar-refractivity contribution in [3.8, 4) is 11.8 Å². The van der Waals surface area contributed by atoms with E-state index in [9.17, 15) is 0 Å². The minimum atomic E-state index is -0.0863. The normalized spacial score (nSPS) is 12.2. The molecule has 0 saturated carbocycles. The van der Waals surface area contributed by atoms with Gasteiger partial charge in [0, 0.05) is 16.5 Å². The summed E-state index contributed by atoms with van der Waals surface area (Å²) < 4.78 is 5.56. The van der Waals surface area contributed by atoms with Gasteiger partial charge in [-0.25, -0.2) is 0 Å². The van der Waals surface area contributed by atoms with Crippen molar-refractivity contribution in [2.24, 2.45) is 5.73 Å². The lowest BCUT2D eigenvalue weighted by Crippen LogP contribution is -2.16. The molecule has 17 heavy (non-hydrogen) atoms. The van der Waals surface area contributed by atoms with E-state index in [1.54, 1.807) is 6.07 Å². The Bertz CT molecular complexity index is 577. The van der Waals surface area contributed by atoms with Gasteiger partial charge in [-0.15, -0.1) is 0 Å². The second-order valence-electron chi connectivity index (χ2n) is 3.96. The molecule has 1 atom stereocenters. The number of furan rings is 1. The first-order valence-corrected chi connectivity index (χ1v) is 6.03. The Hall–Kier alpha value is -1.43. The average molecular weight is 248 g/mol. The highest BCUT2D eigenvalue weighted by Crippen LogP contribution is 2.22. The van der Waals surface area contributed by atoms with Crippen LogP contribution in [0.1, 0.15) is 25.5 Å². The fraction of sp³-hybridized carbons (Fsp3) is 0.286. The van der Waals surface area contributed by atoms with Crippen molar-refractivity contribution in [3.63, 3.8) is 0 Å². The lowest BCUT2D eigenvalue weighted by atomic mass is 10.2. The summed E-state index contributed by atoms with van der Waals surface area (Å²) in [6, 6.07) is 7.30. The van der Waals surface area contributed by atoms with Crippen LogP contribution in [0.2, 0.25) is 5.02 Å². The molecular weight excluding hydrogens is 234 g/mol. The summed E-state index contributed by atoms with van der Waals surface area (Å²) in [5, 5.41) is 1.66. The fourth-order valence-corrected chi connectivity index (χ4v) is 1.80. The van der Waals surface area contributed by atoms with E-state index in [0.29, 0.717) is 10.8 Å². The van der Waals surface area contributed by atoms with Crippen LogP contribution in [0, 0.1) is 11.8 Å². The molecular formula is C14H14ClNO. The third-order valence-electron chi connectivity index (χ3n) is 2.46. The molecule has 0 radical (unpaired) electrons. The van der Waals surface area contributed by atoms with Crippen LogP contribution in [-0.4, -0.2) is 6.04 Å². The van der Waals surface area contributed by atoms with Crippen molar-refractivity contribution in [3.05, 3.63) is 35.0 Å². The number of hydrogen-bond acceptors (Lipinski definition) is 2. The summed E-state index contributed by atoms with van der Waals surface area (Å²) >= 11 is 5.90. The monoisotopic (exact) mass is 247 g/mol. The van der Waals surface area contributed by atoms with Gasteiger partial charge in [0.15, 0.2) is 5.76 Å². The van der Waals surface area contributed by atoms with E-state index in [0.717, 1.165) is 23.8 Å². The SMILES string of the molecule is CCCC(N)C#Cc1cc2cc(Cl)ccc2o1. The molecule has 3 heteroatoms. The predicted octanol–water partition coefficient (Wildman–Crippen LogP) is 3.57. The number of fused-ring (bicyclic) bond motifs is 1. The molecule has 0 aliphatic rings. The largest absolute Gasteiger partial charge is 0.448 e. The zero-order chi connectivity index (χ0) is 12.3. The van der Waals surface area contributed by atoms with Gasteiger partial charge >= 0.3 is 0 Å². The molecule has 0 aliphatic heterocycles. The number of hydrogen-bond donors (Lipinski definition) is 1. The second kappa shape index (κ2) is 5.27. The van der Waals surface area contributed by atoms with Gasteiger partial charge < -0.3 is 10.2 Å². The molecule has 1 unspecified atom stereocenters. The third kappa shape index (κ3) is 3.03. The molecule has 2 rings (SSSR count). The molecule has 88 valence electrons. The van der Waals surface area contributed by atoms with Crippen molar-refractivity contribution in [1.82, 2.24) is 0 Å². The molecule has 2 nitrogen and oxygen atoms in total. The minimum absolute atomic E-state index is 0.0863. The lowest BCUT2D eigenvalue weighted by molar-refractivity contribution is 0.600. The van der Waals surface area contributed by atoms with E-state index in [1.165, 1.54) is 0 Å². The van der Waals surface area contributed by atoms with E-state index >= 15 is 0 Å². The van der Waals surface area contributed by atoms with Crippen LogP contribution in [0.3, 0.4) is 0 Å². The van der Waals surface area contributed by atoms with Crippen LogP contribution in [0.25, 0.3) is 11.0 Å². The first kappa shape index (κ1) is 12.0. The van der Waals surface area contributed by atoms with Crippen LogP contribution >= 0.6 is 11.6 Å². The Labute approximate surface area is 106 Å². The van der Waals surface area contributed by atoms with Gasteiger partial charge in [-0.2, -0.15) is 0 Å². The maximum absolute atomic E-state index is 5.90. The van der Waals surface area contributed by atoms with Gasteiger partial charge in [-0.05, 0) is 30.5 Å². The quantitative estimate of drug-likeness (QED) is 0.824. The van der Waals surface area contributed by atoms with Gasteiger partial charge in [0.1, 0.15) is 5.58 Å². The van der Waals surface area contributed by atoms with Crippen LogP contribution in [0.15, 0.2) is 28.7 Å². The zero-order valence-corrected chi connectivity index (χ0v) is 10.4. The number of rotatable bonds is 2. The molecule has 2 aromatic rings. The van der Waals surface area contributed by atoms with Crippen molar-refractivity contribution >= 4 is 22.6 Å². The standard InChI is InChI=1S/C14H14ClNO/c1-2-3-12(16)5-6-13-9-10-8-11(15)4-7-14(10)17-13/h4,7-9,12H,2-3,16H2,1H3. The fourth-order valence-electron chi connectivity index (χ4n) is 1.62. The van der Waals surface area contributed by atoms with E-state index in [4.69, 9.17) is 21.8 Å². The number of halogens is 1. The molecule has 0 saturated heterocycles. The zero-order valence-electron chi connectivity index (χ0n) is 9.66. The molecule has 0 spiro atoms. The molecule has 1 aromatic heterocycles. The molecule has 0 fully saturated rings. The van der Waals surface area contributed by atoms with Gasteiger partial charge in [-0.3, -0.25) is 0 Å². The Kier molecular flexibility index (Phi) is 3.73. The summed E-state index contributed by atoms with van der Waals surface area (Å²) in [6.45, 7) is 2.09. The predicted molar refractivity (Wildman–Crippen MR) is 71.0 cm³/mol. The topological polar surface area (TPSA) is 39.2 Å². The highest BCUT2D eigenvalue weighted by Gasteiger charge is 2.02. The average Bonchev–Trinajstić information content (AvgIpc) is 2.68. The second-order valence-corrected chi connectivity index (χ2v) is 4.39. The van der Waals surface area contributed by atoms with E-state index in [2.05, 4.69) is 18.8 Å². The van der Waals surface area contributed by atoms with Crippen molar-refractivity contribution in [2.45, 2.75) is 25.8 Å². The minimum Gasteiger partial charge on any atom is -0.448 e. The van der Waals surface area contributed by atoms with Gasteiger partial charge in [0.25, 0.3) is 0 Å². The van der Waals surface area contributed by atoms with Crippen LogP contribution < -0.4 is 5.73 Å². The van der Waals surface area contributed by atoms with E-state index < -0.39 is 0 Å². The Morgan fingerprint density at radius 3 is 3.00 bits per heavy atom. The van der Waals surface area contributed by atoms with E-state index in [1.807, 2.05) is 18.2 Å². The summed E-state index contributed by atoms with van der Waals surface area (Å²) in [7, 11) is 0. The first-order valence-electron chi connectivity index (χ1n) is 5.65. The highest BCUT2D eigenvalue weighted by atomic mass is 35.5. The molecule has 1 aromatic carbocycles. The smallest absolute Gasteiger partial charge is 0.178 e. The molecule has 0 amide bonds. The number of benzene rings is 1. The van der Waals surface area contributed by atoms with Gasteiger partial charge in [-0.1, -0.05) is 30.9 Å². The maximum atomic E-state index is 5.90. The summed E-state index contributed by atoms with van der Waals surface area (Å²) in [5.41, 5.74) is 6.61. The molecule has 0 bridgehead atoms. The summed E-state index contributed by atoms with van der Waals surface area (Å²) in [6.07, 6.45) is 1.94. The van der Waals surface area contributed by atoms with Crippen LogP contribution in [0.5, 0.6) is 0 Å². The van der Waals surface area contributed by atoms with Gasteiger partial charge in [0.2, 0.25) is 0 Å². The first-order chi connectivity index (χ1) is 8.19. The number of nitrogens with two attached hydrogens (primary N) is 1. The lowest BCUT2D eigenvalue weighted by Gasteiger charge is -1.97. The molecule has 1 heterocycles. The Morgan fingerprint density at radius 1 is 1.41 bits per heavy atom. The maximum Gasteiger partial charge on any atom is 0.178 e. The third-order valence-corrected chi connectivity index (χ3v) is 2.69. The Morgan fingerprint density at radius 2 is 2.24 bits per heavy atom. The molecule has 0 aliphatic carbocycles. The molecule has 2 N–H and O–H groups in total. The Balaban J connectivity index is 2.25. The van der Waals surface area contributed by atoms with Crippen LogP contribution in [0.4, 0.5) is 0 Å².